The van der Waals surface area contributed by atoms with Crippen molar-refractivity contribution in [1.29, 1.82) is 0 Å². The van der Waals surface area contributed by atoms with Crippen LogP contribution in [0.4, 0.5) is 0 Å². The zero-order valence-electron chi connectivity index (χ0n) is 15.4. The molecule has 0 spiro atoms. The van der Waals surface area contributed by atoms with Crippen LogP contribution in [0.1, 0.15) is 51.3 Å². The molecule has 0 bridgehead atoms. The molecular formula is C17H31N5OS. The molecule has 1 N–H and O–H groups in total. The normalized spacial score (nSPS) is 16.7. The molecule has 1 aliphatic rings. The van der Waals surface area contributed by atoms with E-state index >= 15 is 0 Å². The van der Waals surface area contributed by atoms with Crippen LogP contribution in [0.3, 0.4) is 0 Å². The Morgan fingerprint density at radius 1 is 1.29 bits per heavy atom. The van der Waals surface area contributed by atoms with Crippen LogP contribution in [0, 0.1) is 5.92 Å². The van der Waals surface area contributed by atoms with Crippen molar-refractivity contribution in [3.05, 3.63) is 11.6 Å². The van der Waals surface area contributed by atoms with Crippen molar-refractivity contribution < 1.29 is 4.79 Å². The van der Waals surface area contributed by atoms with Gasteiger partial charge in [0.1, 0.15) is 5.82 Å². The molecule has 1 unspecified atom stereocenters. The third kappa shape index (κ3) is 5.48. The topological polar surface area (TPSA) is 63.1 Å². The molecule has 0 aromatic carbocycles. The Bertz CT molecular complexity index is 531. The van der Waals surface area contributed by atoms with Gasteiger partial charge in [0.05, 0.1) is 6.04 Å². The average molecular weight is 354 g/mol. The lowest BCUT2D eigenvalue weighted by molar-refractivity contribution is -0.119. The molecule has 0 saturated carbocycles. The smallest absolute Gasteiger partial charge is 0.217 e. The standard InChI is InChI=1S/C17H31N5OS/c1-13(2)12-15(18-14(3)23)17-20-19-16-6-8-21(7-5-11-24-4)9-10-22(16)17/h13,15H,5-12H2,1-4H3,(H,18,23). The number of amides is 1. The Balaban J connectivity index is 2.07. The van der Waals surface area contributed by atoms with E-state index in [9.17, 15) is 4.79 Å². The molecule has 1 atom stereocenters. The number of nitrogens with zero attached hydrogens (tertiary/aromatic N) is 4. The number of carbonyl (C=O) groups excluding carboxylic acids is 1. The summed E-state index contributed by atoms with van der Waals surface area (Å²) in [5.74, 6) is 3.66. The molecule has 0 radical (unpaired) electrons. The third-order valence-corrected chi connectivity index (χ3v) is 5.06. The van der Waals surface area contributed by atoms with Gasteiger partial charge in [-0.2, -0.15) is 11.8 Å². The highest BCUT2D eigenvalue weighted by molar-refractivity contribution is 7.98. The van der Waals surface area contributed by atoms with Gasteiger partial charge >= 0.3 is 0 Å². The molecule has 1 aromatic heterocycles. The minimum absolute atomic E-state index is 0.00897. The van der Waals surface area contributed by atoms with Gasteiger partial charge in [-0.25, -0.2) is 0 Å². The summed E-state index contributed by atoms with van der Waals surface area (Å²) in [5, 5.41) is 11.9. The van der Waals surface area contributed by atoms with Gasteiger partial charge < -0.3 is 14.8 Å². The molecule has 1 amide bonds. The average Bonchev–Trinajstić information content (AvgIpc) is 2.80. The molecule has 1 aromatic rings. The SMILES string of the molecule is CSCCCN1CCc2nnc(C(CC(C)C)NC(C)=O)n2CC1. The summed E-state index contributed by atoms with van der Waals surface area (Å²) in [6, 6.07) is -0.0493. The molecule has 0 aliphatic carbocycles. The Labute approximate surface area is 149 Å². The van der Waals surface area contributed by atoms with Gasteiger partial charge in [0, 0.05) is 33.0 Å². The molecule has 24 heavy (non-hydrogen) atoms. The van der Waals surface area contributed by atoms with E-state index in [0.717, 1.165) is 50.7 Å². The number of carbonyl (C=O) groups is 1. The van der Waals surface area contributed by atoms with Gasteiger partial charge in [0.2, 0.25) is 5.91 Å². The quantitative estimate of drug-likeness (QED) is 0.725. The van der Waals surface area contributed by atoms with Crippen molar-refractivity contribution in [3.8, 4) is 0 Å². The first-order valence-electron chi connectivity index (χ1n) is 8.91. The van der Waals surface area contributed by atoms with Gasteiger partial charge in [-0.15, -0.1) is 10.2 Å². The predicted molar refractivity (Wildman–Crippen MR) is 99.2 cm³/mol. The van der Waals surface area contributed by atoms with Crippen molar-refractivity contribution in [2.75, 3.05) is 31.6 Å². The van der Waals surface area contributed by atoms with Crippen LogP contribution in [0.15, 0.2) is 0 Å². The highest BCUT2D eigenvalue weighted by Crippen LogP contribution is 2.22. The maximum absolute atomic E-state index is 11.6. The fourth-order valence-electron chi connectivity index (χ4n) is 3.25. The lowest BCUT2D eigenvalue weighted by Crippen LogP contribution is -2.31. The van der Waals surface area contributed by atoms with Crippen LogP contribution in [0.25, 0.3) is 0 Å². The Morgan fingerprint density at radius 3 is 2.75 bits per heavy atom. The van der Waals surface area contributed by atoms with Gasteiger partial charge in [0.15, 0.2) is 5.82 Å². The third-order valence-electron chi connectivity index (χ3n) is 4.37. The zero-order valence-corrected chi connectivity index (χ0v) is 16.2. The molecule has 6 nitrogen and oxygen atoms in total. The van der Waals surface area contributed by atoms with Crippen LogP contribution >= 0.6 is 11.8 Å². The maximum atomic E-state index is 11.6. The fourth-order valence-corrected chi connectivity index (χ4v) is 3.67. The number of hydrogen-bond acceptors (Lipinski definition) is 5. The number of aromatic nitrogens is 3. The van der Waals surface area contributed by atoms with E-state index in [-0.39, 0.29) is 11.9 Å². The summed E-state index contributed by atoms with van der Waals surface area (Å²) < 4.78 is 2.23. The van der Waals surface area contributed by atoms with Crippen molar-refractivity contribution in [3.63, 3.8) is 0 Å². The van der Waals surface area contributed by atoms with Crippen molar-refractivity contribution in [2.45, 2.75) is 52.6 Å². The van der Waals surface area contributed by atoms with Crippen LogP contribution in [0.5, 0.6) is 0 Å². The largest absolute Gasteiger partial charge is 0.346 e. The second-order valence-electron chi connectivity index (χ2n) is 6.95. The van der Waals surface area contributed by atoms with Crippen molar-refractivity contribution in [1.82, 2.24) is 25.0 Å². The van der Waals surface area contributed by atoms with E-state index < -0.39 is 0 Å². The molecule has 0 fully saturated rings. The fraction of sp³-hybridized carbons (Fsp3) is 0.824. The van der Waals surface area contributed by atoms with Gasteiger partial charge in [-0.1, -0.05) is 13.8 Å². The summed E-state index contributed by atoms with van der Waals surface area (Å²) >= 11 is 1.91. The summed E-state index contributed by atoms with van der Waals surface area (Å²) in [5.41, 5.74) is 0. The summed E-state index contributed by atoms with van der Waals surface area (Å²) in [6.45, 7) is 10.0. The Kier molecular flexibility index (Phi) is 7.55. The molecule has 1 aliphatic heterocycles. The monoisotopic (exact) mass is 353 g/mol. The molecule has 136 valence electrons. The first-order chi connectivity index (χ1) is 11.5. The van der Waals surface area contributed by atoms with E-state index in [4.69, 9.17) is 0 Å². The number of thioether (sulfide) groups is 1. The minimum atomic E-state index is -0.0493. The lowest BCUT2D eigenvalue weighted by Gasteiger charge is -2.21. The maximum Gasteiger partial charge on any atom is 0.217 e. The van der Waals surface area contributed by atoms with E-state index in [0.29, 0.717) is 5.92 Å². The van der Waals surface area contributed by atoms with Crippen molar-refractivity contribution >= 4 is 17.7 Å². The van der Waals surface area contributed by atoms with Gasteiger partial charge in [0.25, 0.3) is 0 Å². The summed E-state index contributed by atoms with van der Waals surface area (Å²) in [4.78, 5) is 14.1. The first-order valence-corrected chi connectivity index (χ1v) is 10.3. The summed E-state index contributed by atoms with van der Waals surface area (Å²) in [6.07, 6.45) is 5.21. The first kappa shape index (κ1) is 19.2. The second-order valence-corrected chi connectivity index (χ2v) is 7.93. The minimum Gasteiger partial charge on any atom is -0.346 e. The number of nitrogens with one attached hydrogen (secondary N) is 1. The molecule has 0 saturated heterocycles. The molecular weight excluding hydrogens is 322 g/mol. The Hall–Kier alpha value is -1.08. The Morgan fingerprint density at radius 2 is 2.08 bits per heavy atom. The zero-order chi connectivity index (χ0) is 17.5. The van der Waals surface area contributed by atoms with Crippen LogP contribution < -0.4 is 5.32 Å². The number of hydrogen-bond donors (Lipinski definition) is 1. The van der Waals surface area contributed by atoms with Gasteiger partial charge in [-0.05, 0) is 37.3 Å². The number of fused-ring (bicyclic) bond motifs is 1. The number of rotatable bonds is 8. The summed E-state index contributed by atoms with van der Waals surface area (Å²) in [7, 11) is 0. The van der Waals surface area contributed by atoms with Crippen molar-refractivity contribution in [2.24, 2.45) is 5.92 Å². The molecule has 7 heteroatoms. The lowest BCUT2D eigenvalue weighted by atomic mass is 10.0. The van der Waals surface area contributed by atoms with E-state index in [2.05, 4.69) is 45.1 Å². The van der Waals surface area contributed by atoms with E-state index in [1.54, 1.807) is 6.92 Å². The van der Waals surface area contributed by atoms with E-state index in [1.165, 1.54) is 12.2 Å². The van der Waals surface area contributed by atoms with Gasteiger partial charge in [-0.3, -0.25) is 4.79 Å². The van der Waals surface area contributed by atoms with Crippen LogP contribution in [-0.4, -0.2) is 57.2 Å². The molecule has 2 rings (SSSR count). The predicted octanol–water partition coefficient (Wildman–Crippen LogP) is 2.11. The van der Waals surface area contributed by atoms with E-state index in [1.807, 2.05) is 11.8 Å². The molecule has 2 heterocycles. The highest BCUT2D eigenvalue weighted by atomic mass is 32.2. The highest BCUT2D eigenvalue weighted by Gasteiger charge is 2.25. The second kappa shape index (κ2) is 9.42. The van der Waals surface area contributed by atoms with Crippen LogP contribution in [0.2, 0.25) is 0 Å². The van der Waals surface area contributed by atoms with Crippen LogP contribution in [-0.2, 0) is 17.8 Å².